The molecule has 0 radical (unpaired) electrons. The van der Waals surface area contributed by atoms with Crippen molar-refractivity contribution in [3.05, 3.63) is 29.8 Å². The van der Waals surface area contributed by atoms with Crippen LogP contribution in [0.15, 0.2) is 24.3 Å². The van der Waals surface area contributed by atoms with Gasteiger partial charge in [0.25, 0.3) is 5.91 Å². The van der Waals surface area contributed by atoms with Crippen LogP contribution in [0, 0.1) is 0 Å². The monoisotopic (exact) mass is 348 g/mol. The number of carbonyl (C=O) groups excluding carboxylic acids is 1. The quantitative estimate of drug-likeness (QED) is 0.842. The molecule has 2 aliphatic rings. The van der Waals surface area contributed by atoms with E-state index in [-0.39, 0.29) is 18.1 Å². The lowest BCUT2D eigenvalue weighted by Gasteiger charge is -2.35. The van der Waals surface area contributed by atoms with Crippen LogP contribution in [0.5, 0.6) is 5.75 Å². The zero-order valence-electron chi connectivity index (χ0n) is 14.9. The molecule has 25 heavy (non-hydrogen) atoms. The van der Waals surface area contributed by atoms with Gasteiger partial charge >= 0.3 is 0 Å². The van der Waals surface area contributed by atoms with E-state index in [1.807, 2.05) is 29.2 Å². The maximum atomic E-state index is 12.9. The Kier molecular flexibility index (Phi) is 6.29. The molecule has 1 aromatic carbocycles. The minimum absolute atomic E-state index is 0.0136. The number of piperazine rings is 1. The van der Waals surface area contributed by atoms with Crippen molar-refractivity contribution >= 4 is 5.91 Å². The minimum atomic E-state index is -0.339. The van der Waals surface area contributed by atoms with Crippen LogP contribution in [0.25, 0.3) is 0 Å². The molecule has 0 aliphatic carbocycles. The van der Waals surface area contributed by atoms with Crippen molar-refractivity contribution in [3.63, 3.8) is 0 Å². The van der Waals surface area contributed by atoms with E-state index in [9.17, 15) is 9.90 Å². The summed E-state index contributed by atoms with van der Waals surface area (Å²) in [6, 6.07) is 7.44. The number of hydrogen-bond acceptors (Lipinski definition) is 5. The van der Waals surface area contributed by atoms with Crippen molar-refractivity contribution in [3.8, 4) is 5.75 Å². The average molecular weight is 348 g/mol. The summed E-state index contributed by atoms with van der Waals surface area (Å²) in [6.07, 6.45) is 1.88. The number of aliphatic hydroxyl groups is 1. The first-order valence-electron chi connectivity index (χ1n) is 9.16. The summed E-state index contributed by atoms with van der Waals surface area (Å²) in [5, 5.41) is 9.49. The number of rotatable bonds is 6. The number of hydrogen-bond donors (Lipinski definition) is 1. The van der Waals surface area contributed by atoms with E-state index >= 15 is 0 Å². The number of para-hydroxylation sites is 1. The molecule has 6 nitrogen and oxygen atoms in total. The van der Waals surface area contributed by atoms with Crippen LogP contribution in [0.3, 0.4) is 0 Å². The Morgan fingerprint density at radius 2 is 2.08 bits per heavy atom. The van der Waals surface area contributed by atoms with E-state index in [1.54, 1.807) is 6.92 Å². The predicted octanol–water partition coefficient (Wildman–Crippen LogP) is 1.38. The molecule has 2 aliphatic heterocycles. The number of nitrogens with zero attached hydrogens (tertiary/aromatic N) is 2. The predicted molar refractivity (Wildman–Crippen MR) is 94.9 cm³/mol. The summed E-state index contributed by atoms with van der Waals surface area (Å²) in [5.41, 5.74) is 0.615. The van der Waals surface area contributed by atoms with E-state index in [4.69, 9.17) is 9.47 Å². The second kappa shape index (κ2) is 8.65. The minimum Gasteiger partial charge on any atom is -0.490 e. The van der Waals surface area contributed by atoms with E-state index in [0.29, 0.717) is 37.6 Å². The summed E-state index contributed by atoms with van der Waals surface area (Å²) < 4.78 is 11.5. The van der Waals surface area contributed by atoms with Gasteiger partial charge in [0, 0.05) is 39.3 Å². The first-order chi connectivity index (χ1) is 12.1. The number of ether oxygens (including phenoxy) is 2. The summed E-state index contributed by atoms with van der Waals surface area (Å²) in [4.78, 5) is 16.9. The lowest BCUT2D eigenvalue weighted by Crippen LogP contribution is -2.50. The topological polar surface area (TPSA) is 62.2 Å². The molecule has 2 saturated heterocycles. The fourth-order valence-electron chi connectivity index (χ4n) is 3.41. The average Bonchev–Trinajstić information content (AvgIpc) is 3.13. The van der Waals surface area contributed by atoms with Gasteiger partial charge in [-0.1, -0.05) is 12.1 Å². The Bertz CT molecular complexity index is 564. The number of benzene rings is 1. The number of β-amino-alcohol motifs (C(OH)–C–C–N with tert-alkyl or cyclic N) is 1. The van der Waals surface area contributed by atoms with Crippen molar-refractivity contribution in [1.29, 1.82) is 0 Å². The van der Waals surface area contributed by atoms with Gasteiger partial charge < -0.3 is 19.5 Å². The highest BCUT2D eigenvalue weighted by Gasteiger charge is 2.25. The van der Waals surface area contributed by atoms with E-state index in [2.05, 4.69) is 4.90 Å². The molecular weight excluding hydrogens is 320 g/mol. The van der Waals surface area contributed by atoms with Gasteiger partial charge in [0.1, 0.15) is 12.4 Å². The first-order valence-corrected chi connectivity index (χ1v) is 9.16. The number of amides is 1. The summed E-state index contributed by atoms with van der Waals surface area (Å²) >= 11 is 0. The van der Waals surface area contributed by atoms with E-state index in [1.165, 1.54) is 0 Å². The smallest absolute Gasteiger partial charge is 0.257 e. The zero-order valence-corrected chi connectivity index (χ0v) is 14.9. The van der Waals surface area contributed by atoms with Gasteiger partial charge in [-0.2, -0.15) is 0 Å². The molecule has 1 N–H and O–H groups in total. The molecule has 3 rings (SSSR count). The largest absolute Gasteiger partial charge is 0.490 e. The fourth-order valence-corrected chi connectivity index (χ4v) is 3.41. The summed E-state index contributed by atoms with van der Waals surface area (Å²) in [6.45, 7) is 6.66. The standard InChI is InChI=1S/C19H28N2O4/c1-15(22)13-20-8-10-21(11-9-20)19(23)17-6-2-3-7-18(17)25-14-16-5-4-12-24-16/h2-3,6-7,15-16,22H,4-5,8-14H2,1H3/t15-,16+/m0/s1. The van der Waals surface area contributed by atoms with Crippen LogP contribution in [0.4, 0.5) is 0 Å². The third-order valence-corrected chi connectivity index (χ3v) is 4.75. The zero-order chi connectivity index (χ0) is 17.6. The molecule has 138 valence electrons. The third kappa shape index (κ3) is 4.93. The van der Waals surface area contributed by atoms with E-state index in [0.717, 1.165) is 32.5 Å². The molecule has 1 amide bonds. The Morgan fingerprint density at radius 3 is 2.76 bits per heavy atom. The van der Waals surface area contributed by atoms with Gasteiger partial charge in [-0.3, -0.25) is 9.69 Å². The SMILES string of the molecule is C[C@H](O)CN1CCN(C(=O)c2ccccc2OC[C@H]2CCCO2)CC1. The molecule has 0 bridgehead atoms. The Morgan fingerprint density at radius 1 is 1.32 bits per heavy atom. The molecule has 0 spiro atoms. The fraction of sp³-hybridized carbons (Fsp3) is 0.632. The van der Waals surface area contributed by atoms with Crippen LogP contribution in [0.2, 0.25) is 0 Å². The molecule has 1 aromatic rings. The van der Waals surface area contributed by atoms with E-state index < -0.39 is 0 Å². The second-order valence-corrected chi connectivity index (χ2v) is 6.88. The van der Waals surface area contributed by atoms with Crippen LogP contribution < -0.4 is 4.74 Å². The van der Waals surface area contributed by atoms with Crippen molar-refractivity contribution < 1.29 is 19.4 Å². The normalized spacial score (nSPS) is 22.8. The molecular formula is C19H28N2O4. The van der Waals surface area contributed by atoms with Crippen LogP contribution in [-0.2, 0) is 4.74 Å². The van der Waals surface area contributed by atoms with Crippen LogP contribution in [-0.4, -0.2) is 79.0 Å². The maximum absolute atomic E-state index is 12.9. The van der Waals surface area contributed by atoms with Gasteiger partial charge in [-0.05, 0) is 31.9 Å². The number of carbonyl (C=O) groups is 1. The second-order valence-electron chi connectivity index (χ2n) is 6.88. The number of aliphatic hydroxyl groups excluding tert-OH is 1. The highest BCUT2D eigenvalue weighted by Crippen LogP contribution is 2.22. The lowest BCUT2D eigenvalue weighted by atomic mass is 10.1. The maximum Gasteiger partial charge on any atom is 0.257 e. The van der Waals surface area contributed by atoms with Crippen molar-refractivity contribution in [2.45, 2.75) is 32.0 Å². The Labute approximate surface area is 149 Å². The molecule has 2 fully saturated rings. The van der Waals surface area contributed by atoms with Crippen molar-refractivity contribution in [2.75, 3.05) is 45.9 Å². The highest BCUT2D eigenvalue weighted by atomic mass is 16.5. The molecule has 0 aromatic heterocycles. The van der Waals surface area contributed by atoms with Gasteiger partial charge in [-0.15, -0.1) is 0 Å². The van der Waals surface area contributed by atoms with Gasteiger partial charge in [0.05, 0.1) is 17.8 Å². The van der Waals surface area contributed by atoms with Gasteiger partial charge in [0.15, 0.2) is 0 Å². The third-order valence-electron chi connectivity index (χ3n) is 4.75. The van der Waals surface area contributed by atoms with Crippen LogP contribution in [0.1, 0.15) is 30.1 Å². The Balaban J connectivity index is 1.58. The molecule has 0 unspecified atom stereocenters. The molecule has 0 saturated carbocycles. The van der Waals surface area contributed by atoms with Crippen LogP contribution >= 0.6 is 0 Å². The van der Waals surface area contributed by atoms with Gasteiger partial charge in [-0.25, -0.2) is 0 Å². The molecule has 2 heterocycles. The first kappa shape index (κ1) is 18.2. The van der Waals surface area contributed by atoms with Gasteiger partial charge in [0.2, 0.25) is 0 Å². The highest BCUT2D eigenvalue weighted by molar-refractivity contribution is 5.97. The summed E-state index contributed by atoms with van der Waals surface area (Å²) in [5.74, 6) is 0.647. The van der Waals surface area contributed by atoms with Crippen molar-refractivity contribution in [1.82, 2.24) is 9.80 Å². The molecule has 2 atom stereocenters. The molecule has 6 heteroatoms. The lowest BCUT2D eigenvalue weighted by molar-refractivity contribution is 0.0535. The Hall–Kier alpha value is -1.63. The summed E-state index contributed by atoms with van der Waals surface area (Å²) in [7, 11) is 0. The van der Waals surface area contributed by atoms with Crippen molar-refractivity contribution in [2.24, 2.45) is 0 Å².